The van der Waals surface area contributed by atoms with Gasteiger partial charge in [0.05, 0.1) is 6.04 Å². The minimum atomic E-state index is -0.241. The van der Waals surface area contributed by atoms with Gasteiger partial charge in [-0.05, 0) is 28.9 Å². The number of nitrogens with zero attached hydrogens (tertiary/aromatic N) is 3. The van der Waals surface area contributed by atoms with Gasteiger partial charge in [-0.25, -0.2) is 20.2 Å². The highest BCUT2D eigenvalue weighted by molar-refractivity contribution is 9.10. The van der Waals surface area contributed by atoms with Crippen LogP contribution < -0.4 is 16.2 Å². The van der Waals surface area contributed by atoms with Crippen molar-refractivity contribution >= 4 is 27.6 Å². The van der Waals surface area contributed by atoms with E-state index in [9.17, 15) is 4.39 Å². The molecule has 1 aromatic carbocycles. The van der Waals surface area contributed by atoms with Gasteiger partial charge in [-0.2, -0.15) is 0 Å². The molecule has 0 aliphatic rings. The number of benzene rings is 1. The van der Waals surface area contributed by atoms with Crippen molar-refractivity contribution in [3.05, 3.63) is 46.4 Å². The highest BCUT2D eigenvalue weighted by Crippen LogP contribution is 2.33. The number of hydrogen-bond acceptors (Lipinski definition) is 5. The van der Waals surface area contributed by atoms with Crippen molar-refractivity contribution in [3.8, 4) is 0 Å². The van der Waals surface area contributed by atoms with Gasteiger partial charge in [0.15, 0.2) is 5.82 Å². The Balaban J connectivity index is 2.36. The third kappa shape index (κ3) is 2.73. The van der Waals surface area contributed by atoms with E-state index in [1.807, 2.05) is 24.9 Å². The van der Waals surface area contributed by atoms with E-state index in [2.05, 4.69) is 31.3 Å². The average Bonchev–Trinajstić information content (AvgIpc) is 2.46. The van der Waals surface area contributed by atoms with E-state index >= 15 is 0 Å². The van der Waals surface area contributed by atoms with Crippen LogP contribution in [0.3, 0.4) is 0 Å². The highest BCUT2D eigenvalue weighted by atomic mass is 79.9. The van der Waals surface area contributed by atoms with Gasteiger partial charge < -0.3 is 10.3 Å². The Hall–Kier alpha value is -1.73. The van der Waals surface area contributed by atoms with Gasteiger partial charge in [-0.15, -0.1) is 0 Å². The van der Waals surface area contributed by atoms with Crippen molar-refractivity contribution in [2.24, 2.45) is 5.84 Å². The molecule has 0 bridgehead atoms. The monoisotopic (exact) mass is 339 g/mol. The maximum absolute atomic E-state index is 13.9. The van der Waals surface area contributed by atoms with Gasteiger partial charge >= 0.3 is 0 Å². The smallest absolute Gasteiger partial charge is 0.159 e. The van der Waals surface area contributed by atoms with E-state index < -0.39 is 0 Å². The molecule has 1 aromatic heterocycles. The third-order valence-corrected chi connectivity index (χ3v) is 3.91. The molecule has 0 radical (unpaired) electrons. The number of aromatic nitrogens is 2. The molecule has 20 heavy (non-hydrogen) atoms. The first kappa shape index (κ1) is 14.7. The molecule has 2 rings (SSSR count). The predicted octanol–water partition coefficient (Wildman–Crippen LogP) is 2.86. The fourth-order valence-corrected chi connectivity index (χ4v) is 2.51. The van der Waals surface area contributed by atoms with Crippen molar-refractivity contribution < 1.29 is 4.39 Å². The Morgan fingerprint density at radius 2 is 2.05 bits per heavy atom. The Kier molecular flexibility index (Phi) is 4.51. The molecule has 1 unspecified atom stereocenters. The number of rotatable bonds is 4. The summed E-state index contributed by atoms with van der Waals surface area (Å²) in [5.41, 5.74) is 3.08. The molecular formula is C13H15BrFN5. The van der Waals surface area contributed by atoms with E-state index in [4.69, 9.17) is 5.84 Å². The molecule has 1 heterocycles. The lowest BCUT2D eigenvalue weighted by Gasteiger charge is -2.27. The second-order valence-corrected chi connectivity index (χ2v) is 5.11. The molecule has 3 N–H and O–H groups in total. The zero-order valence-corrected chi connectivity index (χ0v) is 12.7. The van der Waals surface area contributed by atoms with E-state index in [-0.39, 0.29) is 11.9 Å². The summed E-state index contributed by atoms with van der Waals surface area (Å²) in [6.45, 7) is 1.91. The number of nitrogens with two attached hydrogens (primary N) is 1. The number of hydrazine groups is 1. The second-order valence-electron chi connectivity index (χ2n) is 4.31. The van der Waals surface area contributed by atoms with E-state index in [0.29, 0.717) is 21.7 Å². The van der Waals surface area contributed by atoms with Crippen LogP contribution in [0.5, 0.6) is 0 Å². The molecule has 2 aromatic rings. The number of halogens is 2. The summed E-state index contributed by atoms with van der Waals surface area (Å²) < 4.78 is 14.5. The summed E-state index contributed by atoms with van der Waals surface area (Å²) in [4.78, 5) is 10.1. The van der Waals surface area contributed by atoms with Crippen LogP contribution in [0.2, 0.25) is 0 Å². The van der Waals surface area contributed by atoms with Gasteiger partial charge in [0.1, 0.15) is 22.4 Å². The lowest BCUT2D eigenvalue weighted by Crippen LogP contribution is -2.24. The van der Waals surface area contributed by atoms with Gasteiger partial charge in [0, 0.05) is 12.6 Å². The predicted molar refractivity (Wildman–Crippen MR) is 80.8 cm³/mol. The van der Waals surface area contributed by atoms with Crippen LogP contribution in [0.25, 0.3) is 0 Å². The fourth-order valence-electron chi connectivity index (χ4n) is 1.91. The van der Waals surface area contributed by atoms with Crippen LogP contribution >= 0.6 is 15.9 Å². The minimum absolute atomic E-state index is 0.187. The molecule has 106 valence electrons. The quantitative estimate of drug-likeness (QED) is 0.662. The van der Waals surface area contributed by atoms with Crippen LogP contribution in [0.15, 0.2) is 35.1 Å². The molecule has 1 atom stereocenters. The Morgan fingerprint density at radius 3 is 2.70 bits per heavy atom. The number of nitrogens with one attached hydrogen (secondary N) is 1. The molecule has 7 heteroatoms. The Labute approximate surface area is 125 Å². The summed E-state index contributed by atoms with van der Waals surface area (Å²) in [7, 11) is 1.84. The standard InChI is InChI=1S/C13H15BrFN5/c1-8(9-5-3-4-6-10(9)15)20(2)13-11(14)12(19-16)17-7-18-13/h3-8H,16H2,1-2H3,(H,17,18,19). The zero-order valence-electron chi connectivity index (χ0n) is 11.1. The molecule has 0 amide bonds. The van der Waals surface area contributed by atoms with Crippen LogP contribution in [0.4, 0.5) is 16.0 Å². The zero-order chi connectivity index (χ0) is 14.7. The van der Waals surface area contributed by atoms with Crippen molar-refractivity contribution in [1.82, 2.24) is 9.97 Å². The lowest BCUT2D eigenvalue weighted by atomic mass is 10.1. The maximum Gasteiger partial charge on any atom is 0.159 e. The van der Waals surface area contributed by atoms with Gasteiger partial charge in [0.25, 0.3) is 0 Å². The summed E-state index contributed by atoms with van der Waals surface area (Å²) in [5, 5.41) is 0. The second kappa shape index (κ2) is 6.15. The van der Waals surface area contributed by atoms with Gasteiger partial charge in [-0.3, -0.25) is 0 Å². The maximum atomic E-state index is 13.9. The van der Waals surface area contributed by atoms with Crippen molar-refractivity contribution in [1.29, 1.82) is 0 Å². The molecule has 5 nitrogen and oxygen atoms in total. The molecular weight excluding hydrogens is 325 g/mol. The highest BCUT2D eigenvalue weighted by Gasteiger charge is 2.20. The summed E-state index contributed by atoms with van der Waals surface area (Å²) in [5.74, 6) is 6.24. The molecule has 0 aliphatic heterocycles. The summed E-state index contributed by atoms with van der Waals surface area (Å²) in [6.07, 6.45) is 1.40. The SMILES string of the molecule is CC(c1ccccc1F)N(C)c1ncnc(NN)c1Br. The Bertz CT molecular complexity index is 607. The first-order valence-corrected chi connectivity index (χ1v) is 6.80. The fraction of sp³-hybridized carbons (Fsp3) is 0.231. The van der Waals surface area contributed by atoms with Crippen molar-refractivity contribution in [2.75, 3.05) is 17.4 Å². The molecule has 0 saturated heterocycles. The van der Waals surface area contributed by atoms with Crippen LogP contribution in [-0.2, 0) is 0 Å². The van der Waals surface area contributed by atoms with Crippen molar-refractivity contribution in [2.45, 2.75) is 13.0 Å². The van der Waals surface area contributed by atoms with Crippen LogP contribution in [0.1, 0.15) is 18.5 Å². The molecule has 0 aliphatic carbocycles. The lowest BCUT2D eigenvalue weighted by molar-refractivity contribution is 0.584. The summed E-state index contributed by atoms with van der Waals surface area (Å²) >= 11 is 3.40. The first-order valence-electron chi connectivity index (χ1n) is 6.00. The van der Waals surface area contributed by atoms with E-state index in [1.54, 1.807) is 12.1 Å². The topological polar surface area (TPSA) is 67.1 Å². The van der Waals surface area contributed by atoms with Crippen molar-refractivity contribution in [3.63, 3.8) is 0 Å². The molecule has 0 saturated carbocycles. The van der Waals surface area contributed by atoms with Crippen LogP contribution in [0, 0.1) is 5.82 Å². The Morgan fingerprint density at radius 1 is 1.35 bits per heavy atom. The first-order chi connectivity index (χ1) is 9.56. The summed E-state index contributed by atoms with van der Waals surface area (Å²) in [6, 6.07) is 6.50. The molecule has 0 spiro atoms. The van der Waals surface area contributed by atoms with Gasteiger partial charge in [0.2, 0.25) is 0 Å². The average molecular weight is 340 g/mol. The normalized spacial score (nSPS) is 12.1. The van der Waals surface area contributed by atoms with Crippen LogP contribution in [-0.4, -0.2) is 17.0 Å². The largest absolute Gasteiger partial charge is 0.352 e. The molecule has 0 fully saturated rings. The number of anilines is 2. The van der Waals surface area contributed by atoms with E-state index in [0.717, 1.165) is 0 Å². The number of hydrogen-bond donors (Lipinski definition) is 2. The minimum Gasteiger partial charge on any atom is -0.352 e. The van der Waals surface area contributed by atoms with Gasteiger partial charge in [-0.1, -0.05) is 18.2 Å². The number of nitrogen functional groups attached to an aromatic ring is 1. The third-order valence-electron chi connectivity index (χ3n) is 3.18. The van der Waals surface area contributed by atoms with E-state index in [1.165, 1.54) is 12.4 Å².